The highest BCUT2D eigenvalue weighted by molar-refractivity contribution is 9.11. The van der Waals surface area contributed by atoms with Crippen molar-refractivity contribution < 1.29 is 9.53 Å². The molecule has 1 atom stereocenters. The molecule has 3 nitrogen and oxygen atoms in total. The minimum atomic E-state index is -0.0881. The highest BCUT2D eigenvalue weighted by Crippen LogP contribution is 2.19. The van der Waals surface area contributed by atoms with Crippen LogP contribution in [0.5, 0.6) is 0 Å². The van der Waals surface area contributed by atoms with Gasteiger partial charge in [-0.3, -0.25) is 9.69 Å². The van der Waals surface area contributed by atoms with Crippen molar-refractivity contribution in [3.8, 4) is 0 Å². The van der Waals surface area contributed by atoms with Crippen molar-refractivity contribution in [1.82, 2.24) is 4.90 Å². The van der Waals surface area contributed by atoms with Gasteiger partial charge in [0.1, 0.15) is 0 Å². The van der Waals surface area contributed by atoms with Gasteiger partial charge in [0, 0.05) is 17.6 Å². The normalized spacial score (nSPS) is 23.1. The molecular formula is C10H16BrNO2. The van der Waals surface area contributed by atoms with E-state index in [1.165, 1.54) is 7.11 Å². The van der Waals surface area contributed by atoms with E-state index < -0.39 is 0 Å². The van der Waals surface area contributed by atoms with Crippen molar-refractivity contribution in [3.05, 3.63) is 11.1 Å². The number of carbonyl (C=O) groups excluding carboxylic acids is 1. The van der Waals surface area contributed by atoms with Gasteiger partial charge in [-0.25, -0.2) is 0 Å². The molecule has 0 aromatic carbocycles. The number of ether oxygens (including phenoxy) is 1. The first-order valence-corrected chi connectivity index (χ1v) is 5.56. The van der Waals surface area contributed by atoms with Crippen LogP contribution in [0.25, 0.3) is 0 Å². The van der Waals surface area contributed by atoms with E-state index in [1.807, 2.05) is 0 Å². The number of esters is 1. The zero-order valence-corrected chi connectivity index (χ0v) is 10.0. The molecule has 1 fully saturated rings. The fourth-order valence-electron chi connectivity index (χ4n) is 1.80. The number of piperidine rings is 1. The first-order chi connectivity index (χ1) is 6.63. The number of halogens is 1. The van der Waals surface area contributed by atoms with Crippen LogP contribution in [-0.4, -0.2) is 37.6 Å². The molecule has 0 saturated carbocycles. The smallest absolute Gasteiger partial charge is 0.309 e. The number of hydrogen-bond acceptors (Lipinski definition) is 3. The average molecular weight is 262 g/mol. The molecule has 1 aliphatic rings. The minimum Gasteiger partial charge on any atom is -0.469 e. The van der Waals surface area contributed by atoms with E-state index >= 15 is 0 Å². The lowest BCUT2D eigenvalue weighted by Gasteiger charge is -2.30. The van der Waals surface area contributed by atoms with E-state index in [0.717, 1.165) is 37.0 Å². The number of hydrogen-bond donors (Lipinski definition) is 0. The fourth-order valence-corrected chi connectivity index (χ4v) is 2.16. The number of nitrogens with zero attached hydrogens (tertiary/aromatic N) is 1. The van der Waals surface area contributed by atoms with Crippen LogP contribution in [-0.2, 0) is 9.53 Å². The predicted molar refractivity (Wildman–Crippen MR) is 59.2 cm³/mol. The molecule has 0 aromatic heterocycles. The Bertz CT molecular complexity index is 230. The molecular weight excluding hydrogens is 246 g/mol. The molecule has 0 amide bonds. The molecule has 0 spiro atoms. The van der Waals surface area contributed by atoms with Gasteiger partial charge < -0.3 is 4.74 Å². The molecule has 0 bridgehead atoms. The first-order valence-electron chi connectivity index (χ1n) is 4.77. The summed E-state index contributed by atoms with van der Waals surface area (Å²) in [6.45, 7) is 6.44. The summed E-state index contributed by atoms with van der Waals surface area (Å²) in [4.78, 5) is 13.5. The molecule has 1 aliphatic heterocycles. The summed E-state index contributed by atoms with van der Waals surface area (Å²) in [6.07, 6.45) is 2.00. The van der Waals surface area contributed by atoms with Crippen LogP contribution in [0.4, 0.5) is 0 Å². The summed E-state index contributed by atoms with van der Waals surface area (Å²) < 4.78 is 5.70. The highest BCUT2D eigenvalue weighted by Gasteiger charge is 2.26. The molecule has 1 rings (SSSR count). The fraction of sp³-hybridized carbons (Fsp3) is 0.700. The summed E-state index contributed by atoms with van der Waals surface area (Å²) in [7, 11) is 1.45. The zero-order valence-electron chi connectivity index (χ0n) is 8.46. The summed E-state index contributed by atoms with van der Waals surface area (Å²) in [5, 5.41) is 0. The van der Waals surface area contributed by atoms with Crippen LogP contribution in [0, 0.1) is 5.92 Å². The summed E-state index contributed by atoms with van der Waals surface area (Å²) in [5.41, 5.74) is 0. The Hall–Kier alpha value is -0.350. The lowest BCUT2D eigenvalue weighted by Crippen LogP contribution is -2.39. The van der Waals surface area contributed by atoms with Gasteiger partial charge in [0.05, 0.1) is 13.0 Å². The van der Waals surface area contributed by atoms with Crippen molar-refractivity contribution in [2.45, 2.75) is 12.8 Å². The van der Waals surface area contributed by atoms with Crippen molar-refractivity contribution in [2.75, 3.05) is 26.7 Å². The molecule has 1 unspecified atom stereocenters. The maximum Gasteiger partial charge on any atom is 0.309 e. The quantitative estimate of drug-likeness (QED) is 0.726. The van der Waals surface area contributed by atoms with E-state index in [1.54, 1.807) is 0 Å². The maximum atomic E-state index is 11.3. The van der Waals surface area contributed by atoms with E-state index in [4.69, 9.17) is 4.74 Å². The minimum absolute atomic E-state index is 0.0422. The molecule has 0 N–H and O–H groups in total. The standard InChI is InChI=1S/C10H16BrNO2/c1-8(11)6-12-5-3-4-9(7-12)10(13)14-2/h9H,1,3-7H2,2H3. The SMILES string of the molecule is C=C(Br)CN1CCCC(C(=O)OC)C1. The maximum absolute atomic E-state index is 11.3. The van der Waals surface area contributed by atoms with E-state index in [2.05, 4.69) is 27.4 Å². The van der Waals surface area contributed by atoms with Gasteiger partial charge in [0.25, 0.3) is 0 Å². The average Bonchev–Trinajstić information content (AvgIpc) is 2.16. The Balaban J connectivity index is 2.43. The molecule has 1 saturated heterocycles. The van der Waals surface area contributed by atoms with E-state index in [-0.39, 0.29) is 11.9 Å². The zero-order chi connectivity index (χ0) is 10.6. The highest BCUT2D eigenvalue weighted by atomic mass is 79.9. The molecule has 80 valence electrons. The third-order valence-corrected chi connectivity index (χ3v) is 2.69. The van der Waals surface area contributed by atoms with Crippen LogP contribution in [0.3, 0.4) is 0 Å². The van der Waals surface area contributed by atoms with Crippen molar-refractivity contribution in [2.24, 2.45) is 5.92 Å². The Labute approximate surface area is 93.2 Å². The van der Waals surface area contributed by atoms with Crippen molar-refractivity contribution in [3.63, 3.8) is 0 Å². The summed E-state index contributed by atoms with van der Waals surface area (Å²) in [5.74, 6) is -0.0458. The molecule has 0 aliphatic carbocycles. The van der Waals surface area contributed by atoms with Gasteiger partial charge in [-0.05, 0) is 19.4 Å². The first kappa shape index (κ1) is 11.7. The van der Waals surface area contributed by atoms with Gasteiger partial charge in [-0.2, -0.15) is 0 Å². The van der Waals surface area contributed by atoms with Gasteiger partial charge in [0.15, 0.2) is 0 Å². The van der Waals surface area contributed by atoms with Crippen LogP contribution >= 0.6 is 15.9 Å². The van der Waals surface area contributed by atoms with Crippen LogP contribution in [0.1, 0.15) is 12.8 Å². The van der Waals surface area contributed by atoms with Crippen LogP contribution in [0.15, 0.2) is 11.1 Å². The number of carbonyl (C=O) groups is 1. The van der Waals surface area contributed by atoms with Gasteiger partial charge in [-0.1, -0.05) is 22.5 Å². The second-order valence-electron chi connectivity index (χ2n) is 3.61. The summed E-state index contributed by atoms with van der Waals surface area (Å²) in [6, 6.07) is 0. The second-order valence-corrected chi connectivity index (χ2v) is 4.74. The molecule has 1 heterocycles. The monoisotopic (exact) mass is 261 g/mol. The van der Waals surface area contributed by atoms with Crippen molar-refractivity contribution in [1.29, 1.82) is 0 Å². The topological polar surface area (TPSA) is 29.5 Å². The second kappa shape index (κ2) is 5.51. The molecule has 0 aromatic rings. The Kier molecular flexibility index (Phi) is 4.62. The predicted octanol–water partition coefficient (Wildman–Crippen LogP) is 1.78. The van der Waals surface area contributed by atoms with Gasteiger partial charge in [-0.15, -0.1) is 0 Å². The largest absolute Gasteiger partial charge is 0.469 e. The third-order valence-electron chi connectivity index (χ3n) is 2.44. The number of methoxy groups -OCH3 is 1. The Morgan fingerprint density at radius 1 is 1.71 bits per heavy atom. The van der Waals surface area contributed by atoms with Crippen LogP contribution < -0.4 is 0 Å². The Morgan fingerprint density at radius 2 is 2.43 bits per heavy atom. The number of rotatable bonds is 3. The van der Waals surface area contributed by atoms with Gasteiger partial charge in [0.2, 0.25) is 0 Å². The molecule has 14 heavy (non-hydrogen) atoms. The van der Waals surface area contributed by atoms with Crippen LogP contribution in [0.2, 0.25) is 0 Å². The van der Waals surface area contributed by atoms with Gasteiger partial charge >= 0.3 is 5.97 Å². The molecule has 0 radical (unpaired) electrons. The number of likely N-dealkylation sites (tertiary alicyclic amines) is 1. The molecule has 4 heteroatoms. The van der Waals surface area contributed by atoms with E-state index in [9.17, 15) is 4.79 Å². The lowest BCUT2D eigenvalue weighted by atomic mass is 9.98. The third kappa shape index (κ3) is 3.42. The lowest BCUT2D eigenvalue weighted by molar-refractivity contribution is -0.147. The Morgan fingerprint density at radius 3 is 3.00 bits per heavy atom. The van der Waals surface area contributed by atoms with Crippen molar-refractivity contribution >= 4 is 21.9 Å². The summed E-state index contributed by atoms with van der Waals surface area (Å²) >= 11 is 3.33. The van der Waals surface area contributed by atoms with E-state index in [0.29, 0.717) is 0 Å².